The molecule has 6 nitrogen and oxygen atoms in total. The number of nitrogens with one attached hydrogen (secondary N) is 2. The maximum atomic E-state index is 13.9. The van der Waals surface area contributed by atoms with Crippen LogP contribution in [-0.4, -0.2) is 42.6 Å². The summed E-state index contributed by atoms with van der Waals surface area (Å²) in [5.41, 5.74) is -2.22. The summed E-state index contributed by atoms with van der Waals surface area (Å²) in [6, 6.07) is 4.50. The van der Waals surface area contributed by atoms with Crippen LogP contribution in [0.5, 0.6) is 0 Å². The smallest absolute Gasteiger partial charge is 0.363 e. The summed E-state index contributed by atoms with van der Waals surface area (Å²) in [6.07, 6.45) is 0.0464. The number of benzene rings is 1. The monoisotopic (exact) mass is 439 g/mol. The Bertz CT molecular complexity index is 911. The van der Waals surface area contributed by atoms with Crippen molar-refractivity contribution >= 4 is 17.7 Å². The van der Waals surface area contributed by atoms with Crippen LogP contribution in [0, 0.1) is 11.7 Å². The van der Waals surface area contributed by atoms with E-state index in [4.69, 9.17) is 0 Å². The van der Waals surface area contributed by atoms with E-state index in [9.17, 15) is 22.4 Å². The predicted octanol–water partition coefficient (Wildman–Crippen LogP) is 4.10. The van der Waals surface area contributed by atoms with E-state index in [0.717, 1.165) is 43.6 Å². The molecule has 1 amide bonds. The largest absolute Gasteiger partial charge is 0.417 e. The van der Waals surface area contributed by atoms with Gasteiger partial charge in [0, 0.05) is 32.9 Å². The van der Waals surface area contributed by atoms with Gasteiger partial charge in [-0.25, -0.2) is 9.37 Å². The number of alkyl halides is 3. The molecule has 168 valence electrons. The standard InChI is InChI=1S/C21H25F4N5O/c1-30(2)17-10-11-26-20(29-17)28-14-8-6-13(7-9-14)12-27-19(31)18-15(21(23,24)25)4-3-5-16(18)22/h3-5,10-11,13-14H,6-9,12H2,1-2H3,(H,27,31)(H,26,28,29)/t13-,14+. The molecule has 0 spiro atoms. The number of nitrogens with zero attached hydrogens (tertiary/aromatic N) is 3. The fraction of sp³-hybridized carbons (Fsp3) is 0.476. The summed E-state index contributed by atoms with van der Waals surface area (Å²) in [6.45, 7) is 0.198. The normalized spacial score (nSPS) is 19.0. The Kier molecular flexibility index (Phi) is 6.97. The van der Waals surface area contributed by atoms with Gasteiger partial charge in [0.25, 0.3) is 5.91 Å². The number of amides is 1. The summed E-state index contributed by atoms with van der Waals surface area (Å²) >= 11 is 0. The van der Waals surface area contributed by atoms with Crippen molar-refractivity contribution in [3.05, 3.63) is 47.4 Å². The molecule has 1 aliphatic carbocycles. The Morgan fingerprint density at radius 1 is 1.16 bits per heavy atom. The molecule has 0 aliphatic heterocycles. The number of aromatic nitrogens is 2. The minimum atomic E-state index is -4.80. The number of carbonyl (C=O) groups is 1. The second kappa shape index (κ2) is 9.49. The Morgan fingerprint density at radius 3 is 2.52 bits per heavy atom. The summed E-state index contributed by atoms with van der Waals surface area (Å²) in [4.78, 5) is 22.8. The van der Waals surface area contributed by atoms with Gasteiger partial charge in [-0.3, -0.25) is 4.79 Å². The van der Waals surface area contributed by atoms with Crippen LogP contribution in [0.15, 0.2) is 30.5 Å². The van der Waals surface area contributed by atoms with Crippen molar-refractivity contribution in [1.29, 1.82) is 0 Å². The maximum Gasteiger partial charge on any atom is 0.417 e. The second-order valence-corrected chi connectivity index (χ2v) is 7.87. The molecule has 1 aromatic carbocycles. The summed E-state index contributed by atoms with van der Waals surface area (Å²) in [5.74, 6) is -0.778. The molecule has 1 aliphatic rings. The van der Waals surface area contributed by atoms with E-state index >= 15 is 0 Å². The van der Waals surface area contributed by atoms with Crippen molar-refractivity contribution in [3.8, 4) is 0 Å². The van der Waals surface area contributed by atoms with Crippen LogP contribution in [0.25, 0.3) is 0 Å². The lowest BCUT2D eigenvalue weighted by Crippen LogP contribution is -2.35. The lowest BCUT2D eigenvalue weighted by Gasteiger charge is -2.29. The highest BCUT2D eigenvalue weighted by Crippen LogP contribution is 2.33. The molecule has 10 heteroatoms. The van der Waals surface area contributed by atoms with Crippen molar-refractivity contribution in [3.63, 3.8) is 0 Å². The van der Waals surface area contributed by atoms with Crippen molar-refractivity contribution in [2.45, 2.75) is 37.9 Å². The fourth-order valence-corrected chi connectivity index (χ4v) is 3.68. The first-order chi connectivity index (χ1) is 14.6. The third-order valence-corrected chi connectivity index (χ3v) is 5.38. The van der Waals surface area contributed by atoms with Crippen molar-refractivity contribution < 1.29 is 22.4 Å². The zero-order valence-electron chi connectivity index (χ0n) is 17.3. The minimum Gasteiger partial charge on any atom is -0.363 e. The van der Waals surface area contributed by atoms with Crippen LogP contribution in [-0.2, 0) is 6.18 Å². The van der Waals surface area contributed by atoms with E-state index in [1.165, 1.54) is 0 Å². The molecule has 1 saturated carbocycles. The van der Waals surface area contributed by atoms with E-state index in [2.05, 4.69) is 20.6 Å². The van der Waals surface area contributed by atoms with Crippen molar-refractivity contribution in [2.24, 2.45) is 5.92 Å². The molecular formula is C21H25F4N5O. The average molecular weight is 439 g/mol. The minimum absolute atomic E-state index is 0.108. The number of rotatable bonds is 6. The third-order valence-electron chi connectivity index (χ3n) is 5.38. The highest BCUT2D eigenvalue weighted by Gasteiger charge is 2.37. The van der Waals surface area contributed by atoms with Gasteiger partial charge in [-0.15, -0.1) is 0 Å². The molecular weight excluding hydrogens is 414 g/mol. The van der Waals surface area contributed by atoms with E-state index in [0.29, 0.717) is 12.0 Å². The van der Waals surface area contributed by atoms with Gasteiger partial charge in [0.2, 0.25) is 5.95 Å². The first-order valence-electron chi connectivity index (χ1n) is 10.1. The van der Waals surface area contributed by atoms with Crippen LogP contribution in [0.2, 0.25) is 0 Å². The highest BCUT2D eigenvalue weighted by molar-refractivity contribution is 5.96. The van der Waals surface area contributed by atoms with Crippen LogP contribution in [0.4, 0.5) is 29.3 Å². The third kappa shape index (κ3) is 5.83. The molecule has 0 saturated heterocycles. The molecule has 0 unspecified atom stereocenters. The topological polar surface area (TPSA) is 70.2 Å². The number of anilines is 2. The first-order valence-corrected chi connectivity index (χ1v) is 10.1. The Morgan fingerprint density at radius 2 is 1.87 bits per heavy atom. The average Bonchev–Trinajstić information content (AvgIpc) is 2.72. The number of hydrogen-bond donors (Lipinski definition) is 2. The van der Waals surface area contributed by atoms with Crippen LogP contribution in [0.1, 0.15) is 41.6 Å². The van der Waals surface area contributed by atoms with E-state index in [-0.39, 0.29) is 18.5 Å². The molecule has 31 heavy (non-hydrogen) atoms. The number of halogens is 4. The van der Waals surface area contributed by atoms with E-state index in [1.807, 2.05) is 25.1 Å². The van der Waals surface area contributed by atoms with Gasteiger partial charge in [-0.1, -0.05) is 6.07 Å². The Hall–Kier alpha value is -2.91. The van der Waals surface area contributed by atoms with E-state index in [1.54, 1.807) is 6.20 Å². The molecule has 1 fully saturated rings. The van der Waals surface area contributed by atoms with Gasteiger partial charge < -0.3 is 15.5 Å². The highest BCUT2D eigenvalue weighted by atomic mass is 19.4. The zero-order chi connectivity index (χ0) is 22.6. The quantitative estimate of drug-likeness (QED) is 0.664. The van der Waals surface area contributed by atoms with Gasteiger partial charge in [-0.2, -0.15) is 18.2 Å². The fourth-order valence-electron chi connectivity index (χ4n) is 3.68. The molecule has 1 heterocycles. The SMILES string of the molecule is CN(C)c1ccnc(N[C@H]2CC[C@@H](CNC(=O)c3c(F)cccc3C(F)(F)F)CC2)n1. The lowest BCUT2D eigenvalue weighted by atomic mass is 9.86. The summed E-state index contributed by atoms with van der Waals surface area (Å²) in [5, 5.41) is 5.79. The summed E-state index contributed by atoms with van der Waals surface area (Å²) < 4.78 is 53.3. The predicted molar refractivity (Wildman–Crippen MR) is 109 cm³/mol. The Balaban J connectivity index is 1.52. The molecule has 2 aromatic rings. The summed E-state index contributed by atoms with van der Waals surface area (Å²) in [7, 11) is 3.79. The molecule has 0 bridgehead atoms. The van der Waals surface area contributed by atoms with Crippen molar-refractivity contribution in [1.82, 2.24) is 15.3 Å². The molecule has 1 aromatic heterocycles. The lowest BCUT2D eigenvalue weighted by molar-refractivity contribution is -0.138. The Labute approximate surface area is 178 Å². The zero-order valence-corrected chi connectivity index (χ0v) is 17.3. The first kappa shape index (κ1) is 22.8. The second-order valence-electron chi connectivity index (χ2n) is 7.87. The van der Waals surface area contributed by atoms with Gasteiger partial charge in [0.15, 0.2) is 0 Å². The van der Waals surface area contributed by atoms with Gasteiger partial charge in [0.1, 0.15) is 11.6 Å². The van der Waals surface area contributed by atoms with Crippen LogP contribution >= 0.6 is 0 Å². The van der Waals surface area contributed by atoms with Crippen LogP contribution in [0.3, 0.4) is 0 Å². The van der Waals surface area contributed by atoms with Crippen LogP contribution < -0.4 is 15.5 Å². The van der Waals surface area contributed by atoms with Gasteiger partial charge in [0.05, 0.1) is 11.1 Å². The molecule has 2 N–H and O–H groups in total. The molecule has 0 atom stereocenters. The van der Waals surface area contributed by atoms with E-state index < -0.39 is 29.0 Å². The van der Waals surface area contributed by atoms with Crippen molar-refractivity contribution in [2.75, 3.05) is 30.9 Å². The maximum absolute atomic E-state index is 13.9. The van der Waals surface area contributed by atoms with Gasteiger partial charge in [-0.05, 0) is 49.8 Å². The number of hydrogen-bond acceptors (Lipinski definition) is 5. The molecule has 3 rings (SSSR count). The number of carbonyl (C=O) groups excluding carboxylic acids is 1. The molecule has 0 radical (unpaired) electrons. The van der Waals surface area contributed by atoms with Gasteiger partial charge >= 0.3 is 6.18 Å².